The lowest BCUT2D eigenvalue weighted by Gasteiger charge is -2.09. The number of aryl methyl sites for hydroxylation is 2. The van der Waals surface area contributed by atoms with Crippen molar-refractivity contribution >= 4 is 0 Å². The molecule has 0 spiro atoms. The van der Waals surface area contributed by atoms with Gasteiger partial charge < -0.3 is 0 Å². The first-order chi connectivity index (χ1) is 8.40. The van der Waals surface area contributed by atoms with Gasteiger partial charge in [-0.15, -0.1) is 0 Å². The number of benzene rings is 2. The van der Waals surface area contributed by atoms with Gasteiger partial charge in [-0.2, -0.15) is 0 Å². The number of halogens is 3. The van der Waals surface area contributed by atoms with Crippen LogP contribution in [0.1, 0.15) is 16.7 Å². The van der Waals surface area contributed by atoms with Crippen LogP contribution >= 0.6 is 0 Å². The molecule has 18 heavy (non-hydrogen) atoms. The molecule has 0 heterocycles. The highest BCUT2D eigenvalue weighted by Gasteiger charge is 2.12. The van der Waals surface area contributed by atoms with E-state index in [0.29, 0.717) is 0 Å². The Kier molecular flexibility index (Phi) is 3.16. The molecule has 0 amide bonds. The van der Waals surface area contributed by atoms with Gasteiger partial charge >= 0.3 is 0 Å². The second kappa shape index (κ2) is 4.48. The van der Waals surface area contributed by atoms with Gasteiger partial charge in [0.1, 0.15) is 17.5 Å². The van der Waals surface area contributed by atoms with Crippen molar-refractivity contribution in [2.45, 2.75) is 20.8 Å². The highest BCUT2D eigenvalue weighted by Crippen LogP contribution is 2.28. The normalized spacial score (nSPS) is 10.8. The Bertz CT molecular complexity index is 592. The van der Waals surface area contributed by atoms with Crippen LogP contribution in [0, 0.1) is 38.2 Å². The molecule has 0 aliphatic carbocycles. The zero-order chi connectivity index (χ0) is 13.4. The maximum Gasteiger partial charge on any atom is 0.131 e. The molecular formula is C15H13F3. The van der Waals surface area contributed by atoms with E-state index in [4.69, 9.17) is 0 Å². The molecule has 94 valence electrons. The molecular weight excluding hydrogens is 237 g/mol. The van der Waals surface area contributed by atoms with Crippen molar-refractivity contribution in [2.75, 3.05) is 0 Å². The topological polar surface area (TPSA) is 0 Å². The molecule has 0 N–H and O–H groups in total. The molecule has 3 heteroatoms. The van der Waals surface area contributed by atoms with Crippen molar-refractivity contribution in [1.82, 2.24) is 0 Å². The van der Waals surface area contributed by atoms with Gasteiger partial charge in [-0.1, -0.05) is 0 Å². The average Bonchev–Trinajstić information content (AvgIpc) is 2.30. The summed E-state index contributed by atoms with van der Waals surface area (Å²) in [7, 11) is 0. The zero-order valence-electron chi connectivity index (χ0n) is 10.4. The minimum absolute atomic E-state index is 0.0528. The Morgan fingerprint density at radius 3 is 1.72 bits per heavy atom. The summed E-state index contributed by atoms with van der Waals surface area (Å²) in [6, 6.07) is 5.30. The van der Waals surface area contributed by atoms with E-state index in [9.17, 15) is 13.2 Å². The Morgan fingerprint density at radius 2 is 1.17 bits per heavy atom. The highest BCUT2D eigenvalue weighted by atomic mass is 19.1. The van der Waals surface area contributed by atoms with Crippen LogP contribution in [-0.4, -0.2) is 0 Å². The number of hydrogen-bond acceptors (Lipinski definition) is 0. The van der Waals surface area contributed by atoms with Crippen molar-refractivity contribution in [3.8, 4) is 11.1 Å². The monoisotopic (exact) mass is 250 g/mol. The van der Waals surface area contributed by atoms with Crippen molar-refractivity contribution in [3.05, 3.63) is 58.4 Å². The molecule has 0 fully saturated rings. The summed E-state index contributed by atoms with van der Waals surface area (Å²) in [5.41, 5.74) is 2.08. The molecule has 0 bridgehead atoms. The Morgan fingerprint density at radius 1 is 0.667 bits per heavy atom. The van der Waals surface area contributed by atoms with E-state index in [2.05, 4.69) is 0 Å². The van der Waals surface area contributed by atoms with Gasteiger partial charge in [0, 0.05) is 11.1 Å². The predicted molar refractivity (Wildman–Crippen MR) is 66.0 cm³/mol. The van der Waals surface area contributed by atoms with Gasteiger partial charge in [0.25, 0.3) is 0 Å². The van der Waals surface area contributed by atoms with E-state index < -0.39 is 17.5 Å². The van der Waals surface area contributed by atoms with E-state index in [1.165, 1.54) is 13.0 Å². The van der Waals surface area contributed by atoms with Crippen LogP contribution < -0.4 is 0 Å². The molecule has 2 aromatic rings. The third-order valence-corrected chi connectivity index (χ3v) is 3.18. The minimum atomic E-state index is -0.664. The molecule has 0 aliphatic heterocycles. The maximum atomic E-state index is 13.8. The first kappa shape index (κ1) is 12.7. The Hall–Kier alpha value is -1.77. The summed E-state index contributed by atoms with van der Waals surface area (Å²) >= 11 is 0. The quantitative estimate of drug-likeness (QED) is 0.688. The smallest absolute Gasteiger partial charge is 0.131 e. The highest BCUT2D eigenvalue weighted by molar-refractivity contribution is 5.66. The van der Waals surface area contributed by atoms with E-state index >= 15 is 0 Å². The molecule has 0 radical (unpaired) electrons. The summed E-state index contributed by atoms with van der Waals surface area (Å²) in [5.74, 6) is -1.80. The fraction of sp³-hybridized carbons (Fsp3) is 0.200. The van der Waals surface area contributed by atoms with Crippen LogP contribution in [0.25, 0.3) is 11.1 Å². The molecule has 0 unspecified atom stereocenters. The molecule has 2 rings (SSSR count). The predicted octanol–water partition coefficient (Wildman–Crippen LogP) is 4.70. The molecule has 0 atom stereocenters. The van der Waals surface area contributed by atoms with E-state index in [1.807, 2.05) is 6.92 Å². The van der Waals surface area contributed by atoms with Crippen molar-refractivity contribution < 1.29 is 13.2 Å². The Balaban J connectivity index is 2.66. The van der Waals surface area contributed by atoms with E-state index in [-0.39, 0.29) is 16.7 Å². The number of rotatable bonds is 1. The average molecular weight is 250 g/mol. The first-order valence-electron chi connectivity index (χ1n) is 5.63. The second-order valence-corrected chi connectivity index (χ2v) is 4.48. The van der Waals surface area contributed by atoms with Crippen LogP contribution in [0.5, 0.6) is 0 Å². The van der Waals surface area contributed by atoms with Gasteiger partial charge in [0.2, 0.25) is 0 Å². The Labute approximate surface area is 104 Å². The van der Waals surface area contributed by atoms with Crippen molar-refractivity contribution in [2.24, 2.45) is 0 Å². The summed E-state index contributed by atoms with van der Waals surface area (Å²) in [6.45, 7) is 4.98. The van der Waals surface area contributed by atoms with Crippen LogP contribution in [0.15, 0.2) is 24.3 Å². The maximum absolute atomic E-state index is 13.8. The van der Waals surface area contributed by atoms with Crippen LogP contribution in [-0.2, 0) is 0 Å². The van der Waals surface area contributed by atoms with Crippen LogP contribution in [0.2, 0.25) is 0 Å². The van der Waals surface area contributed by atoms with Gasteiger partial charge in [-0.3, -0.25) is 0 Å². The molecule has 0 aromatic heterocycles. The van der Waals surface area contributed by atoms with Crippen molar-refractivity contribution in [3.63, 3.8) is 0 Å². The largest absolute Gasteiger partial charge is 0.207 e. The third kappa shape index (κ3) is 2.13. The van der Waals surface area contributed by atoms with Crippen LogP contribution in [0.4, 0.5) is 13.2 Å². The van der Waals surface area contributed by atoms with Gasteiger partial charge in [-0.05, 0) is 61.7 Å². The molecule has 0 aliphatic rings. The standard InChI is InChI=1S/C15H13F3/c1-8-4-12(15(18)5-9(8)2)11-6-13(16)10(3)14(17)7-11/h4-7H,1-3H3. The lowest BCUT2D eigenvalue weighted by Crippen LogP contribution is -1.94. The van der Waals surface area contributed by atoms with Gasteiger partial charge in [0.05, 0.1) is 0 Å². The summed E-state index contributed by atoms with van der Waals surface area (Å²) < 4.78 is 40.8. The van der Waals surface area contributed by atoms with E-state index in [0.717, 1.165) is 23.3 Å². The fourth-order valence-corrected chi connectivity index (χ4v) is 1.80. The summed E-state index contributed by atoms with van der Waals surface area (Å²) in [5, 5.41) is 0. The first-order valence-corrected chi connectivity index (χ1v) is 5.63. The lowest BCUT2D eigenvalue weighted by molar-refractivity contribution is 0.568. The third-order valence-electron chi connectivity index (χ3n) is 3.18. The summed E-state index contributed by atoms with van der Waals surface area (Å²) in [6.07, 6.45) is 0. The molecule has 0 saturated heterocycles. The molecule has 0 nitrogen and oxygen atoms in total. The van der Waals surface area contributed by atoms with Crippen molar-refractivity contribution in [1.29, 1.82) is 0 Å². The van der Waals surface area contributed by atoms with Gasteiger partial charge in [0.15, 0.2) is 0 Å². The zero-order valence-corrected chi connectivity index (χ0v) is 10.4. The second-order valence-electron chi connectivity index (χ2n) is 4.48. The number of hydrogen-bond donors (Lipinski definition) is 0. The lowest BCUT2D eigenvalue weighted by atomic mass is 9.98. The van der Waals surface area contributed by atoms with E-state index in [1.54, 1.807) is 13.0 Å². The van der Waals surface area contributed by atoms with Gasteiger partial charge in [-0.25, -0.2) is 13.2 Å². The van der Waals surface area contributed by atoms with Crippen LogP contribution in [0.3, 0.4) is 0 Å². The molecule has 2 aromatic carbocycles. The SMILES string of the molecule is Cc1cc(F)c(-c2cc(F)c(C)c(F)c2)cc1C. The molecule has 0 saturated carbocycles. The summed E-state index contributed by atoms with van der Waals surface area (Å²) in [4.78, 5) is 0. The fourth-order valence-electron chi connectivity index (χ4n) is 1.80. The minimum Gasteiger partial charge on any atom is -0.207 e.